The summed E-state index contributed by atoms with van der Waals surface area (Å²) >= 11 is 1.56. The highest BCUT2D eigenvalue weighted by Crippen LogP contribution is 2.21. The molecule has 18 heavy (non-hydrogen) atoms. The molecule has 96 valence electrons. The minimum atomic E-state index is 0.627. The highest BCUT2D eigenvalue weighted by Gasteiger charge is 2.06. The average Bonchev–Trinajstić information content (AvgIpc) is 2.84. The lowest BCUT2D eigenvalue weighted by Crippen LogP contribution is -2.00. The number of nitrogens with two attached hydrogens (primary N) is 1. The van der Waals surface area contributed by atoms with Crippen molar-refractivity contribution in [3.63, 3.8) is 0 Å². The number of hydrogen-bond acceptors (Lipinski definition) is 5. The molecule has 0 saturated carbocycles. The Bertz CT molecular complexity index is 481. The van der Waals surface area contributed by atoms with Crippen molar-refractivity contribution in [3.8, 4) is 0 Å². The zero-order valence-corrected chi connectivity index (χ0v) is 11.2. The van der Waals surface area contributed by atoms with E-state index in [4.69, 9.17) is 10.2 Å². The van der Waals surface area contributed by atoms with E-state index in [1.165, 1.54) is 11.1 Å². The van der Waals surface area contributed by atoms with Crippen LogP contribution in [0.15, 0.2) is 33.9 Å². The summed E-state index contributed by atoms with van der Waals surface area (Å²) in [7, 11) is 0. The van der Waals surface area contributed by atoms with E-state index in [2.05, 4.69) is 41.4 Å². The smallest absolute Gasteiger partial charge is 0.276 e. The minimum Gasteiger partial charge on any atom is -0.416 e. The maximum Gasteiger partial charge on any atom is 0.276 e. The zero-order valence-electron chi connectivity index (χ0n) is 10.4. The Labute approximate surface area is 111 Å². The van der Waals surface area contributed by atoms with E-state index in [1.54, 1.807) is 11.8 Å². The molecule has 0 fully saturated rings. The van der Waals surface area contributed by atoms with Crippen molar-refractivity contribution in [2.45, 2.75) is 30.7 Å². The summed E-state index contributed by atoms with van der Waals surface area (Å²) in [5, 5.41) is 8.62. The SMILES string of the molecule is Cc1ccc(CSc2nnc(CCCN)o2)cc1. The molecule has 0 atom stereocenters. The van der Waals surface area contributed by atoms with E-state index in [9.17, 15) is 0 Å². The largest absolute Gasteiger partial charge is 0.416 e. The average molecular weight is 263 g/mol. The molecule has 0 radical (unpaired) electrons. The molecular formula is C13H17N3OS. The van der Waals surface area contributed by atoms with Crippen LogP contribution >= 0.6 is 11.8 Å². The van der Waals surface area contributed by atoms with Gasteiger partial charge in [0, 0.05) is 12.2 Å². The molecule has 2 aromatic rings. The number of rotatable bonds is 6. The summed E-state index contributed by atoms with van der Waals surface area (Å²) in [6, 6.07) is 8.45. The fourth-order valence-electron chi connectivity index (χ4n) is 1.48. The van der Waals surface area contributed by atoms with Gasteiger partial charge in [0.15, 0.2) is 0 Å². The number of hydrogen-bond donors (Lipinski definition) is 1. The van der Waals surface area contributed by atoms with Crippen LogP contribution in [0.5, 0.6) is 0 Å². The van der Waals surface area contributed by atoms with Gasteiger partial charge in [0.05, 0.1) is 0 Å². The van der Waals surface area contributed by atoms with Crippen molar-refractivity contribution >= 4 is 11.8 Å². The summed E-state index contributed by atoms with van der Waals surface area (Å²) in [6.07, 6.45) is 1.64. The van der Waals surface area contributed by atoms with Crippen LogP contribution in [0.1, 0.15) is 23.4 Å². The van der Waals surface area contributed by atoms with Crippen LogP contribution in [0, 0.1) is 6.92 Å². The normalized spacial score (nSPS) is 10.8. The predicted octanol–water partition coefficient (Wildman–Crippen LogP) is 2.56. The van der Waals surface area contributed by atoms with Crippen LogP contribution in [0.2, 0.25) is 0 Å². The number of benzene rings is 1. The maximum absolute atomic E-state index is 5.52. The molecule has 0 spiro atoms. The Kier molecular flexibility index (Phi) is 4.78. The highest BCUT2D eigenvalue weighted by molar-refractivity contribution is 7.98. The van der Waals surface area contributed by atoms with E-state index in [-0.39, 0.29) is 0 Å². The van der Waals surface area contributed by atoms with Gasteiger partial charge >= 0.3 is 0 Å². The molecule has 0 unspecified atom stereocenters. The molecule has 0 aliphatic heterocycles. The van der Waals surface area contributed by atoms with Gasteiger partial charge in [0.25, 0.3) is 5.22 Å². The number of aromatic nitrogens is 2. The Morgan fingerprint density at radius 1 is 1.22 bits per heavy atom. The second kappa shape index (κ2) is 6.56. The molecule has 1 heterocycles. The van der Waals surface area contributed by atoms with Crippen LogP contribution in [0.4, 0.5) is 0 Å². The summed E-state index contributed by atoms with van der Waals surface area (Å²) < 4.78 is 5.52. The number of thioether (sulfide) groups is 1. The molecule has 1 aromatic heterocycles. The van der Waals surface area contributed by atoms with E-state index in [1.807, 2.05) is 0 Å². The Hall–Kier alpha value is -1.33. The molecular weight excluding hydrogens is 246 g/mol. The first-order valence-corrected chi connectivity index (χ1v) is 6.97. The minimum absolute atomic E-state index is 0.627. The topological polar surface area (TPSA) is 64.9 Å². The van der Waals surface area contributed by atoms with Crippen molar-refractivity contribution in [3.05, 3.63) is 41.3 Å². The predicted molar refractivity (Wildman–Crippen MR) is 72.4 cm³/mol. The summed E-state index contributed by atoms with van der Waals surface area (Å²) in [4.78, 5) is 0. The lowest BCUT2D eigenvalue weighted by atomic mass is 10.2. The Morgan fingerprint density at radius 2 is 2.00 bits per heavy atom. The third-order valence-corrected chi connectivity index (χ3v) is 3.42. The molecule has 0 aliphatic rings. The molecule has 0 amide bonds. The van der Waals surface area contributed by atoms with Gasteiger partial charge in [-0.25, -0.2) is 0 Å². The van der Waals surface area contributed by atoms with E-state index in [0.29, 0.717) is 17.7 Å². The van der Waals surface area contributed by atoms with Crippen molar-refractivity contribution in [1.29, 1.82) is 0 Å². The van der Waals surface area contributed by atoms with E-state index >= 15 is 0 Å². The van der Waals surface area contributed by atoms with Crippen LogP contribution in [-0.2, 0) is 12.2 Å². The summed E-state index contributed by atoms with van der Waals surface area (Å²) in [6.45, 7) is 2.73. The molecule has 0 bridgehead atoms. The van der Waals surface area contributed by atoms with Gasteiger partial charge < -0.3 is 10.2 Å². The van der Waals surface area contributed by atoms with E-state index < -0.39 is 0 Å². The van der Waals surface area contributed by atoms with Crippen LogP contribution in [0.3, 0.4) is 0 Å². The number of nitrogens with zero attached hydrogens (tertiary/aromatic N) is 2. The van der Waals surface area contributed by atoms with Gasteiger partial charge in [0.1, 0.15) is 0 Å². The zero-order chi connectivity index (χ0) is 12.8. The first kappa shape index (κ1) is 13.1. The number of aryl methyl sites for hydroxylation is 2. The molecule has 0 aliphatic carbocycles. The molecule has 2 rings (SSSR count). The first-order valence-electron chi connectivity index (χ1n) is 5.98. The van der Waals surface area contributed by atoms with E-state index in [0.717, 1.165) is 18.6 Å². The van der Waals surface area contributed by atoms with Crippen LogP contribution in [0.25, 0.3) is 0 Å². The fraction of sp³-hybridized carbons (Fsp3) is 0.385. The first-order chi connectivity index (χ1) is 8.78. The van der Waals surface area contributed by atoms with Gasteiger partial charge in [-0.1, -0.05) is 41.6 Å². The Morgan fingerprint density at radius 3 is 2.72 bits per heavy atom. The van der Waals surface area contributed by atoms with Gasteiger partial charge in [-0.15, -0.1) is 10.2 Å². The van der Waals surface area contributed by atoms with Crippen LogP contribution < -0.4 is 5.73 Å². The second-order valence-electron chi connectivity index (χ2n) is 4.13. The van der Waals surface area contributed by atoms with Gasteiger partial charge in [-0.05, 0) is 25.5 Å². The quantitative estimate of drug-likeness (QED) is 0.811. The Balaban J connectivity index is 1.86. The van der Waals surface area contributed by atoms with Crippen molar-refractivity contribution < 1.29 is 4.42 Å². The monoisotopic (exact) mass is 263 g/mol. The summed E-state index contributed by atoms with van der Waals surface area (Å²) in [5.74, 6) is 1.52. The third-order valence-electron chi connectivity index (χ3n) is 2.53. The second-order valence-corrected chi connectivity index (χ2v) is 5.05. The molecule has 5 heteroatoms. The lowest BCUT2D eigenvalue weighted by Gasteiger charge is -1.98. The van der Waals surface area contributed by atoms with Crippen molar-refractivity contribution in [2.75, 3.05) is 6.54 Å². The standard InChI is InChI=1S/C13H17N3OS/c1-10-4-6-11(7-5-10)9-18-13-16-15-12(17-13)3-2-8-14/h4-7H,2-3,8-9,14H2,1H3. The van der Waals surface area contributed by atoms with Crippen molar-refractivity contribution in [1.82, 2.24) is 10.2 Å². The summed E-state index contributed by atoms with van der Waals surface area (Å²) in [5.41, 5.74) is 7.96. The van der Waals surface area contributed by atoms with Gasteiger partial charge in [-0.2, -0.15) is 0 Å². The molecule has 4 nitrogen and oxygen atoms in total. The lowest BCUT2D eigenvalue weighted by molar-refractivity contribution is 0.410. The van der Waals surface area contributed by atoms with Gasteiger partial charge in [0.2, 0.25) is 5.89 Å². The fourth-order valence-corrected chi connectivity index (χ4v) is 2.22. The van der Waals surface area contributed by atoms with Crippen molar-refractivity contribution in [2.24, 2.45) is 5.73 Å². The molecule has 0 saturated heterocycles. The highest BCUT2D eigenvalue weighted by atomic mass is 32.2. The molecule has 2 N–H and O–H groups in total. The maximum atomic E-state index is 5.52. The van der Waals surface area contributed by atoms with Crippen LogP contribution in [-0.4, -0.2) is 16.7 Å². The van der Waals surface area contributed by atoms with Gasteiger partial charge in [-0.3, -0.25) is 0 Å². The molecule has 1 aromatic carbocycles. The third kappa shape index (κ3) is 3.85.